The Balaban J connectivity index is 1.24. The Bertz CT molecular complexity index is 2360. The van der Waals surface area contributed by atoms with Crippen molar-refractivity contribution < 1.29 is 67.9 Å². The van der Waals surface area contributed by atoms with Crippen molar-refractivity contribution in [3.8, 4) is 5.69 Å². The molecule has 0 spiro atoms. The molecule has 3 fully saturated rings. The average Bonchev–Trinajstić information content (AvgIpc) is 4.14. The van der Waals surface area contributed by atoms with Crippen molar-refractivity contribution in [2.24, 2.45) is 17.8 Å². The molecule has 0 aliphatic carbocycles. The number of aliphatic hydroxyl groups excluding tert-OH is 3. The molecule has 22 heteroatoms. The quantitative estimate of drug-likeness (QED) is 0.104. The van der Waals surface area contributed by atoms with E-state index in [1.807, 2.05) is 68.2 Å². The van der Waals surface area contributed by atoms with Crippen molar-refractivity contribution in [3.05, 3.63) is 53.6 Å². The van der Waals surface area contributed by atoms with E-state index in [1.54, 1.807) is 59.3 Å². The number of carbonyl (C=O) groups is 1. The van der Waals surface area contributed by atoms with Gasteiger partial charge < -0.3 is 68.5 Å². The normalized spacial score (nSPS) is 38.0. The minimum absolute atomic E-state index is 0.0816. The number of aromatic nitrogens is 6. The highest BCUT2D eigenvalue weighted by atomic mass is 19.1. The molecule has 5 heterocycles. The summed E-state index contributed by atoms with van der Waals surface area (Å²) in [6.07, 6.45) is -5.22. The van der Waals surface area contributed by atoms with Crippen LogP contribution in [0, 0.1) is 17.8 Å². The van der Waals surface area contributed by atoms with Gasteiger partial charge in [-0.05, 0) is 112 Å². The summed E-state index contributed by atoms with van der Waals surface area (Å²) in [4.78, 5) is 18.5. The van der Waals surface area contributed by atoms with Crippen LogP contribution in [-0.2, 0) is 44.4 Å². The number of ether oxygens (including phenoxy) is 7. The lowest BCUT2D eigenvalue weighted by Gasteiger charge is -2.49. The van der Waals surface area contributed by atoms with Crippen molar-refractivity contribution in [2.75, 3.05) is 48.1 Å². The Morgan fingerprint density at radius 1 is 0.924 bits per heavy atom. The number of esters is 1. The van der Waals surface area contributed by atoms with Gasteiger partial charge in [-0.15, -0.1) is 10.2 Å². The van der Waals surface area contributed by atoms with E-state index in [1.165, 1.54) is 25.8 Å². The third kappa shape index (κ3) is 14.8. The molecular weight excluding hydrogens is 1020 g/mol. The van der Waals surface area contributed by atoms with Gasteiger partial charge in [-0.1, -0.05) is 57.2 Å². The number of cyclic esters (lactones) is 1. The lowest BCUT2D eigenvalue weighted by Crippen LogP contribution is -2.61. The summed E-state index contributed by atoms with van der Waals surface area (Å²) in [7, 11) is 6.75. The highest BCUT2D eigenvalue weighted by Crippen LogP contribution is 2.41. The number of carbonyl (C=O) groups excluding carboxylic acids is 1. The average molecular weight is 1120 g/mol. The van der Waals surface area contributed by atoms with E-state index in [-0.39, 0.29) is 31.1 Å². The Kier molecular flexibility index (Phi) is 22.2. The van der Waals surface area contributed by atoms with Crippen molar-refractivity contribution >= 4 is 5.97 Å². The van der Waals surface area contributed by atoms with Gasteiger partial charge in [-0.3, -0.25) is 4.79 Å². The summed E-state index contributed by atoms with van der Waals surface area (Å²) >= 11 is 0. The third-order valence-corrected chi connectivity index (χ3v) is 17.6. The SMILES string of the molecule is CCC(C)c1cn(-c2ccc([C@@H](OC)[C@@H](CF)n3cc(CCN(C)[C@H]4C[C@@H](C)O[C@@H](O[C@@H]5[C@@H](C)[C@H](O[C@H]6C[C@@](C)(OC)[C@@H](O)[C@H](C)O6)[C@@H](C)C(=O)O[C@H](CC)[C@@](C)(O)[C@H](O)[C@@H](C)N(C)C[C@H](C)C[C@@]5(C)O)[C@@H]4O)nn3)cc2)nn1. The van der Waals surface area contributed by atoms with E-state index in [2.05, 4.69) is 34.5 Å². The maximum absolute atomic E-state index is 15.0. The highest BCUT2D eigenvalue weighted by molar-refractivity contribution is 5.73. The number of alkyl halides is 1. The van der Waals surface area contributed by atoms with Crippen LogP contribution < -0.4 is 0 Å². The number of likely N-dealkylation sites (N-methyl/N-ethyl adjacent to an activating group) is 2. The number of aliphatic hydroxyl groups is 5. The molecular formula is C57H95FN8O13. The molecule has 1 aromatic carbocycles. The van der Waals surface area contributed by atoms with Crippen LogP contribution in [0.15, 0.2) is 36.7 Å². The lowest BCUT2D eigenvalue weighted by molar-refractivity contribution is -0.318. The van der Waals surface area contributed by atoms with Gasteiger partial charge in [-0.25, -0.2) is 13.8 Å². The molecule has 3 aromatic rings. The molecule has 3 aliphatic heterocycles. The van der Waals surface area contributed by atoms with E-state index in [0.29, 0.717) is 31.6 Å². The van der Waals surface area contributed by atoms with Gasteiger partial charge in [0.05, 0.1) is 64.8 Å². The van der Waals surface area contributed by atoms with E-state index in [4.69, 9.17) is 33.2 Å². The second-order valence-corrected chi connectivity index (χ2v) is 24.0. The number of hydrogen-bond donors (Lipinski definition) is 5. The van der Waals surface area contributed by atoms with Gasteiger partial charge in [0.1, 0.15) is 48.8 Å². The predicted octanol–water partition coefficient (Wildman–Crippen LogP) is 5.10. The summed E-state index contributed by atoms with van der Waals surface area (Å²) < 4.78 is 62.5. The summed E-state index contributed by atoms with van der Waals surface area (Å²) in [6.45, 7) is 21.7. The van der Waals surface area contributed by atoms with Gasteiger partial charge in [0.25, 0.3) is 0 Å². The number of methoxy groups -OCH3 is 2. The monoisotopic (exact) mass is 1120 g/mol. The maximum atomic E-state index is 15.0. The fourth-order valence-corrected chi connectivity index (χ4v) is 12.2. The molecule has 21 nitrogen and oxygen atoms in total. The molecule has 79 heavy (non-hydrogen) atoms. The van der Waals surface area contributed by atoms with Gasteiger partial charge in [0.2, 0.25) is 0 Å². The molecule has 0 saturated carbocycles. The summed E-state index contributed by atoms with van der Waals surface area (Å²) in [6, 6.07) is 5.65. The summed E-state index contributed by atoms with van der Waals surface area (Å²) in [5, 5.41) is 77.4. The first-order valence-corrected chi connectivity index (χ1v) is 28.4. The van der Waals surface area contributed by atoms with E-state index in [9.17, 15) is 30.3 Å². The third-order valence-electron chi connectivity index (χ3n) is 17.6. The number of nitrogens with zero attached hydrogens (tertiary/aromatic N) is 8. The Morgan fingerprint density at radius 3 is 2.23 bits per heavy atom. The van der Waals surface area contributed by atoms with Crippen molar-refractivity contribution in [3.63, 3.8) is 0 Å². The molecule has 3 aliphatic rings. The van der Waals surface area contributed by atoms with Crippen LogP contribution in [-0.4, -0.2) is 210 Å². The molecule has 6 rings (SSSR count). The van der Waals surface area contributed by atoms with Crippen LogP contribution in [0.4, 0.5) is 4.39 Å². The van der Waals surface area contributed by atoms with Crippen LogP contribution in [0.1, 0.15) is 150 Å². The first kappa shape index (κ1) is 64.5. The lowest BCUT2D eigenvalue weighted by atomic mass is 9.77. The van der Waals surface area contributed by atoms with Crippen molar-refractivity contribution in [1.82, 2.24) is 39.8 Å². The van der Waals surface area contributed by atoms with E-state index < -0.39 is 127 Å². The van der Waals surface area contributed by atoms with E-state index >= 15 is 4.39 Å². The second-order valence-electron chi connectivity index (χ2n) is 24.0. The molecule has 5 N–H and O–H groups in total. The Morgan fingerprint density at radius 2 is 1.61 bits per heavy atom. The first-order valence-electron chi connectivity index (χ1n) is 28.4. The Hall–Kier alpha value is -3.62. The molecule has 2 aromatic heterocycles. The van der Waals surface area contributed by atoms with Crippen molar-refractivity contribution in [2.45, 2.75) is 230 Å². The molecule has 0 radical (unpaired) electrons. The topological polar surface area (TPSA) is 251 Å². The zero-order chi connectivity index (χ0) is 58.5. The maximum Gasteiger partial charge on any atom is 0.311 e. The first-order chi connectivity index (χ1) is 37.1. The zero-order valence-electron chi connectivity index (χ0n) is 49.7. The minimum atomic E-state index is -1.86. The van der Waals surface area contributed by atoms with Gasteiger partial charge in [0, 0.05) is 70.3 Å². The predicted molar refractivity (Wildman–Crippen MR) is 292 cm³/mol. The fourth-order valence-electron chi connectivity index (χ4n) is 12.2. The number of rotatable bonds is 18. The van der Waals surface area contributed by atoms with E-state index in [0.717, 1.165) is 23.4 Å². The van der Waals surface area contributed by atoms with Crippen LogP contribution in [0.3, 0.4) is 0 Å². The van der Waals surface area contributed by atoms with Crippen LogP contribution in [0.25, 0.3) is 5.69 Å². The molecule has 1 unspecified atom stereocenters. The standard InChI is InChI=1S/C57H95FN8O13/c1-17-33(4)42-31-65(62-60-42)41-21-19-39(20-22-41)49(73-15)44(28-58)66-30-40(59-61-66)23-24-63(13)43-25-34(5)75-54(47(43)67)79-52-35(6)48(78-46-27-56(11,74-16)51(69)38(9)76-46)36(7)53(70)77-45(18-2)57(12,72)50(68)37(8)64(14)29-32(3)26-55(52,10)71/h19-22,30-38,43-52,54,67-69,71-72H,17-18,23-29H2,1-16H3/t32-,33?,34-,35+,36-,37-,38+,43+,44-,45-,46+,47-,48+,49-,50-,51+,52-,54+,55-,56-,57-/m1/s1. The largest absolute Gasteiger partial charge is 0.459 e. The molecule has 21 atom stereocenters. The summed E-state index contributed by atoms with van der Waals surface area (Å²) in [5.41, 5.74) is -1.53. The Labute approximate surface area is 467 Å². The number of benzene rings is 1. The minimum Gasteiger partial charge on any atom is -0.459 e. The van der Waals surface area contributed by atoms with Crippen LogP contribution >= 0.6 is 0 Å². The molecule has 3 saturated heterocycles. The van der Waals surface area contributed by atoms with Gasteiger partial charge >= 0.3 is 5.97 Å². The number of halogens is 1. The van der Waals surface area contributed by atoms with Crippen molar-refractivity contribution in [1.29, 1.82) is 0 Å². The smallest absolute Gasteiger partial charge is 0.311 e. The molecule has 448 valence electrons. The van der Waals surface area contributed by atoms with Crippen LogP contribution in [0.2, 0.25) is 0 Å². The van der Waals surface area contributed by atoms with Gasteiger partial charge in [0.15, 0.2) is 12.6 Å². The number of hydrogen-bond acceptors (Lipinski definition) is 19. The van der Waals surface area contributed by atoms with Crippen LogP contribution in [0.5, 0.6) is 0 Å². The van der Waals surface area contributed by atoms with Gasteiger partial charge in [-0.2, -0.15) is 0 Å². The molecule has 0 amide bonds. The molecule has 0 bridgehead atoms. The second kappa shape index (κ2) is 27.2. The highest BCUT2D eigenvalue weighted by Gasteiger charge is 2.53. The fraction of sp³-hybridized carbons (Fsp3) is 0.807. The summed E-state index contributed by atoms with van der Waals surface area (Å²) in [5.74, 6) is -2.61. The zero-order valence-corrected chi connectivity index (χ0v) is 49.7.